The number of amides is 1. The van der Waals surface area contributed by atoms with Crippen LogP contribution < -0.4 is 5.73 Å². The number of carbonyl (C=O) groups is 1. The van der Waals surface area contributed by atoms with E-state index in [0.717, 1.165) is 13.0 Å². The van der Waals surface area contributed by atoms with E-state index in [1.54, 1.807) is 0 Å². The van der Waals surface area contributed by atoms with Gasteiger partial charge in [0.05, 0.1) is 5.54 Å². The lowest BCUT2D eigenvalue weighted by Gasteiger charge is -2.51. The Labute approximate surface area is 98.8 Å². The molecule has 0 radical (unpaired) electrons. The second kappa shape index (κ2) is 4.72. The first-order valence-corrected chi connectivity index (χ1v) is 6.08. The molecule has 1 aliphatic rings. The molecule has 0 aromatic carbocycles. The Morgan fingerprint density at radius 3 is 2.56 bits per heavy atom. The van der Waals surface area contributed by atoms with Crippen LogP contribution in [0.5, 0.6) is 0 Å². The monoisotopic (exact) mass is 227 g/mol. The molecule has 2 atom stereocenters. The number of hydrogen-bond acceptors (Lipinski definition) is 3. The van der Waals surface area contributed by atoms with Crippen LogP contribution in [0, 0.1) is 0 Å². The largest absolute Gasteiger partial charge is 0.332 e. The number of piperazine rings is 1. The predicted molar refractivity (Wildman–Crippen MR) is 66.2 cm³/mol. The predicted octanol–water partition coefficient (Wildman–Crippen LogP) is 0.665. The van der Waals surface area contributed by atoms with Gasteiger partial charge in [-0.3, -0.25) is 9.69 Å². The van der Waals surface area contributed by atoms with Gasteiger partial charge in [0, 0.05) is 19.1 Å². The average molecular weight is 227 g/mol. The van der Waals surface area contributed by atoms with Gasteiger partial charge in [-0.2, -0.15) is 0 Å². The molecule has 0 aromatic rings. The van der Waals surface area contributed by atoms with Crippen molar-refractivity contribution in [2.24, 2.45) is 5.73 Å². The Morgan fingerprint density at radius 1 is 1.56 bits per heavy atom. The SMILES string of the molecule is CCC(C)N1C(=O)C(CN)N(C)CC1(C)C. The van der Waals surface area contributed by atoms with E-state index < -0.39 is 0 Å². The van der Waals surface area contributed by atoms with Crippen LogP contribution in [0.15, 0.2) is 0 Å². The minimum absolute atomic E-state index is 0.104. The molecule has 16 heavy (non-hydrogen) atoms. The summed E-state index contributed by atoms with van der Waals surface area (Å²) in [4.78, 5) is 16.5. The number of nitrogens with two attached hydrogens (primary N) is 1. The van der Waals surface area contributed by atoms with Gasteiger partial charge < -0.3 is 10.6 Å². The van der Waals surface area contributed by atoms with Crippen molar-refractivity contribution in [3.8, 4) is 0 Å². The summed E-state index contributed by atoms with van der Waals surface area (Å²) in [6.07, 6.45) is 0.982. The molecule has 0 aromatic heterocycles. The third-order valence-electron chi connectivity index (χ3n) is 3.60. The van der Waals surface area contributed by atoms with E-state index >= 15 is 0 Å². The van der Waals surface area contributed by atoms with Crippen LogP contribution in [0.2, 0.25) is 0 Å². The maximum absolute atomic E-state index is 12.4. The number of likely N-dealkylation sites (N-methyl/N-ethyl adjacent to an activating group) is 1. The van der Waals surface area contributed by atoms with E-state index in [0.29, 0.717) is 6.54 Å². The highest BCUT2D eigenvalue weighted by Gasteiger charge is 2.44. The first-order valence-electron chi connectivity index (χ1n) is 6.08. The summed E-state index contributed by atoms with van der Waals surface area (Å²) in [7, 11) is 1.98. The molecule has 1 saturated heterocycles. The van der Waals surface area contributed by atoms with Crippen molar-refractivity contribution in [2.45, 2.75) is 51.7 Å². The molecular formula is C12H25N3O. The lowest BCUT2D eigenvalue weighted by molar-refractivity contribution is -0.153. The Balaban J connectivity index is 2.98. The first kappa shape index (κ1) is 13.5. The van der Waals surface area contributed by atoms with E-state index in [-0.39, 0.29) is 23.5 Å². The molecule has 0 spiro atoms. The second-order valence-electron chi connectivity index (χ2n) is 5.44. The molecule has 1 amide bonds. The maximum atomic E-state index is 12.4. The van der Waals surface area contributed by atoms with Gasteiger partial charge in [-0.25, -0.2) is 0 Å². The molecule has 1 aliphatic heterocycles. The standard InChI is InChI=1S/C12H25N3O/c1-6-9(2)15-11(16)10(7-13)14(5)8-12(15,3)4/h9-10H,6-8,13H2,1-5H3. The van der Waals surface area contributed by atoms with Crippen molar-refractivity contribution >= 4 is 5.91 Å². The summed E-state index contributed by atoms with van der Waals surface area (Å²) in [5.41, 5.74) is 5.58. The van der Waals surface area contributed by atoms with Crippen LogP contribution in [-0.4, -0.2) is 53.5 Å². The molecule has 4 nitrogen and oxygen atoms in total. The Kier molecular flexibility index (Phi) is 3.97. The molecule has 2 unspecified atom stereocenters. The normalized spacial score (nSPS) is 28.2. The molecule has 1 fully saturated rings. The molecule has 0 bridgehead atoms. The molecule has 2 N–H and O–H groups in total. The summed E-state index contributed by atoms with van der Waals surface area (Å²) < 4.78 is 0. The summed E-state index contributed by atoms with van der Waals surface area (Å²) in [6, 6.07) is 0.132. The summed E-state index contributed by atoms with van der Waals surface area (Å²) in [5, 5.41) is 0. The quantitative estimate of drug-likeness (QED) is 0.771. The van der Waals surface area contributed by atoms with Gasteiger partial charge in [0.15, 0.2) is 0 Å². The number of rotatable bonds is 3. The van der Waals surface area contributed by atoms with E-state index in [9.17, 15) is 4.79 Å². The minimum atomic E-state index is -0.151. The van der Waals surface area contributed by atoms with E-state index in [1.807, 2.05) is 11.9 Å². The Hall–Kier alpha value is -0.610. The molecule has 0 aliphatic carbocycles. The third kappa shape index (κ3) is 2.23. The van der Waals surface area contributed by atoms with E-state index in [4.69, 9.17) is 5.73 Å². The highest BCUT2D eigenvalue weighted by molar-refractivity contribution is 5.84. The Morgan fingerprint density at radius 2 is 2.12 bits per heavy atom. The van der Waals surface area contributed by atoms with Crippen molar-refractivity contribution in [3.05, 3.63) is 0 Å². The zero-order chi connectivity index (χ0) is 12.5. The third-order valence-corrected chi connectivity index (χ3v) is 3.60. The van der Waals surface area contributed by atoms with Crippen molar-refractivity contribution in [2.75, 3.05) is 20.1 Å². The van der Waals surface area contributed by atoms with Gasteiger partial charge in [-0.05, 0) is 34.2 Å². The van der Waals surface area contributed by atoms with Crippen LogP contribution >= 0.6 is 0 Å². The lowest BCUT2D eigenvalue weighted by atomic mass is 9.92. The molecule has 0 saturated carbocycles. The summed E-state index contributed by atoms with van der Waals surface area (Å²) in [6.45, 7) is 9.76. The van der Waals surface area contributed by atoms with Gasteiger partial charge in [0.25, 0.3) is 0 Å². The van der Waals surface area contributed by atoms with E-state index in [2.05, 4.69) is 32.6 Å². The molecule has 1 heterocycles. The van der Waals surface area contributed by atoms with Crippen LogP contribution in [0.3, 0.4) is 0 Å². The van der Waals surface area contributed by atoms with Gasteiger partial charge >= 0.3 is 0 Å². The van der Waals surface area contributed by atoms with Crippen molar-refractivity contribution in [3.63, 3.8) is 0 Å². The van der Waals surface area contributed by atoms with Gasteiger partial charge in [0.2, 0.25) is 5.91 Å². The Bertz CT molecular complexity index is 265. The minimum Gasteiger partial charge on any atom is -0.332 e. The number of hydrogen-bond donors (Lipinski definition) is 1. The van der Waals surface area contributed by atoms with Crippen LogP contribution in [-0.2, 0) is 4.79 Å². The number of carbonyl (C=O) groups excluding carboxylic acids is 1. The van der Waals surface area contributed by atoms with E-state index in [1.165, 1.54) is 0 Å². The highest BCUT2D eigenvalue weighted by Crippen LogP contribution is 2.27. The topological polar surface area (TPSA) is 49.6 Å². The first-order chi connectivity index (χ1) is 7.35. The van der Waals surface area contributed by atoms with Crippen LogP contribution in [0.25, 0.3) is 0 Å². The van der Waals surface area contributed by atoms with Crippen LogP contribution in [0.4, 0.5) is 0 Å². The van der Waals surface area contributed by atoms with Crippen molar-refractivity contribution in [1.82, 2.24) is 9.80 Å². The zero-order valence-corrected chi connectivity index (χ0v) is 11.2. The maximum Gasteiger partial charge on any atom is 0.241 e. The van der Waals surface area contributed by atoms with Crippen LogP contribution in [0.1, 0.15) is 34.1 Å². The lowest BCUT2D eigenvalue weighted by Crippen LogP contribution is -2.68. The average Bonchev–Trinajstić information content (AvgIpc) is 2.15. The molecular weight excluding hydrogens is 202 g/mol. The molecule has 4 heteroatoms. The molecule has 94 valence electrons. The molecule has 1 rings (SSSR count). The van der Waals surface area contributed by atoms with Crippen molar-refractivity contribution < 1.29 is 4.79 Å². The second-order valence-corrected chi connectivity index (χ2v) is 5.44. The highest BCUT2D eigenvalue weighted by atomic mass is 16.2. The fourth-order valence-electron chi connectivity index (χ4n) is 2.72. The fraction of sp³-hybridized carbons (Fsp3) is 0.917. The fourth-order valence-corrected chi connectivity index (χ4v) is 2.72. The van der Waals surface area contributed by atoms with Crippen molar-refractivity contribution in [1.29, 1.82) is 0 Å². The summed E-state index contributed by atoms with van der Waals surface area (Å²) in [5.74, 6) is 0.176. The van der Waals surface area contributed by atoms with Gasteiger partial charge in [-0.15, -0.1) is 0 Å². The summed E-state index contributed by atoms with van der Waals surface area (Å²) >= 11 is 0. The van der Waals surface area contributed by atoms with Gasteiger partial charge in [0.1, 0.15) is 6.04 Å². The zero-order valence-electron chi connectivity index (χ0n) is 11.2. The smallest absolute Gasteiger partial charge is 0.241 e. The van der Waals surface area contributed by atoms with Gasteiger partial charge in [-0.1, -0.05) is 6.92 Å². The number of nitrogens with zero attached hydrogens (tertiary/aromatic N) is 2.